The summed E-state index contributed by atoms with van der Waals surface area (Å²) in [6.45, 7) is 3.39. The van der Waals surface area contributed by atoms with Gasteiger partial charge in [-0.15, -0.1) is 0 Å². The molecule has 0 bridgehead atoms. The molecule has 1 fully saturated rings. The van der Waals surface area contributed by atoms with Gasteiger partial charge in [0.1, 0.15) is 11.9 Å². The largest absolute Gasteiger partial charge is 0.483 e. The van der Waals surface area contributed by atoms with E-state index in [0.29, 0.717) is 12.8 Å². The minimum Gasteiger partial charge on any atom is -0.483 e. The number of carbonyl (C=O) groups excluding carboxylic acids is 1. The number of carbonyl (C=O) groups is 3. The van der Waals surface area contributed by atoms with Crippen LogP contribution in [0.25, 0.3) is 0 Å². The Morgan fingerprint density at radius 2 is 2.10 bits per heavy atom. The highest BCUT2D eigenvalue weighted by atomic mass is 16.4. The van der Waals surface area contributed by atoms with Gasteiger partial charge in [-0.25, -0.2) is 4.98 Å². The maximum Gasteiger partial charge on any atom is 0.306 e. The Balaban J connectivity index is 0.000000677. The molecule has 1 aromatic rings. The van der Waals surface area contributed by atoms with Crippen LogP contribution in [-0.4, -0.2) is 44.2 Å². The minimum atomic E-state index is -0.779. The minimum absolute atomic E-state index is 0.00937. The first-order chi connectivity index (χ1) is 9.90. The number of imidazole rings is 1. The number of rotatable bonds is 4. The number of hydrogen-bond donors (Lipinski definition) is 3. The van der Waals surface area contributed by atoms with E-state index in [1.54, 1.807) is 23.9 Å². The number of hydrogen-bond acceptors (Lipinski definition) is 4. The highest BCUT2D eigenvalue weighted by Crippen LogP contribution is 2.27. The quantitative estimate of drug-likeness (QED) is 0.693. The van der Waals surface area contributed by atoms with E-state index in [1.165, 1.54) is 0 Å². The number of aromatic nitrogens is 2. The van der Waals surface area contributed by atoms with Gasteiger partial charge in [0.25, 0.3) is 6.47 Å². The van der Waals surface area contributed by atoms with Crippen LogP contribution in [0.1, 0.15) is 31.6 Å². The number of carboxylic acid groups (broad SMARTS) is 2. The fraction of sp³-hybridized carbons (Fsp3) is 0.538. The molecule has 8 nitrogen and oxygen atoms in total. The lowest BCUT2D eigenvalue weighted by atomic mass is 9.80. The van der Waals surface area contributed by atoms with Gasteiger partial charge in [-0.05, 0) is 26.7 Å². The van der Waals surface area contributed by atoms with E-state index >= 15 is 0 Å². The van der Waals surface area contributed by atoms with Crippen LogP contribution >= 0.6 is 0 Å². The predicted octanol–water partition coefficient (Wildman–Crippen LogP) is 0.433. The number of aliphatic carboxylic acids is 1. The molecule has 2 rings (SSSR count). The van der Waals surface area contributed by atoms with E-state index < -0.39 is 5.97 Å². The molecule has 1 saturated carbocycles. The van der Waals surface area contributed by atoms with Crippen LogP contribution in [-0.2, 0) is 14.4 Å². The fourth-order valence-corrected chi connectivity index (χ4v) is 2.18. The third-order valence-electron chi connectivity index (χ3n) is 3.49. The van der Waals surface area contributed by atoms with Crippen LogP contribution in [0.4, 0.5) is 0 Å². The number of nitrogens with zero attached hydrogens (tertiary/aromatic N) is 2. The van der Waals surface area contributed by atoms with Gasteiger partial charge in [0.05, 0.1) is 5.92 Å². The highest BCUT2D eigenvalue weighted by Gasteiger charge is 2.36. The standard InChI is InChI=1S/C12H17N3O3.CH2O2/c1-7(15-4-3-13-8(15)2)11(16)14-10-5-9(6-10)12(17)18;2-1-3/h3-4,7,9-10H,5-6H2,1-2H3,(H,14,16)(H,17,18);1H,(H,2,3). The molecule has 1 aliphatic rings. The zero-order chi connectivity index (χ0) is 16.0. The lowest BCUT2D eigenvalue weighted by molar-refractivity contribution is -0.146. The van der Waals surface area contributed by atoms with Crippen molar-refractivity contribution in [1.29, 1.82) is 0 Å². The molecule has 1 aromatic heterocycles. The molecule has 8 heteroatoms. The fourth-order valence-electron chi connectivity index (χ4n) is 2.18. The van der Waals surface area contributed by atoms with Gasteiger partial charge >= 0.3 is 5.97 Å². The molecule has 21 heavy (non-hydrogen) atoms. The lowest BCUT2D eigenvalue weighted by Crippen LogP contribution is -2.48. The Kier molecular flexibility index (Phi) is 5.89. The van der Waals surface area contributed by atoms with Gasteiger partial charge in [-0.1, -0.05) is 0 Å². The monoisotopic (exact) mass is 297 g/mol. The van der Waals surface area contributed by atoms with Crippen LogP contribution in [0.5, 0.6) is 0 Å². The second-order valence-corrected chi connectivity index (χ2v) is 4.88. The summed E-state index contributed by atoms with van der Waals surface area (Å²) < 4.78 is 1.79. The summed E-state index contributed by atoms with van der Waals surface area (Å²) in [5, 5.41) is 18.5. The molecule has 1 unspecified atom stereocenters. The van der Waals surface area contributed by atoms with Gasteiger partial charge in [-0.3, -0.25) is 14.4 Å². The van der Waals surface area contributed by atoms with E-state index in [1.807, 2.05) is 6.92 Å². The summed E-state index contributed by atoms with van der Waals surface area (Å²) in [6.07, 6.45) is 4.47. The smallest absolute Gasteiger partial charge is 0.306 e. The van der Waals surface area contributed by atoms with Crippen LogP contribution in [0, 0.1) is 12.8 Å². The van der Waals surface area contributed by atoms with Crippen molar-refractivity contribution < 1.29 is 24.6 Å². The zero-order valence-electron chi connectivity index (χ0n) is 11.9. The van der Waals surface area contributed by atoms with Crippen molar-refractivity contribution in [1.82, 2.24) is 14.9 Å². The average molecular weight is 297 g/mol. The first-order valence-electron chi connectivity index (χ1n) is 6.51. The lowest BCUT2D eigenvalue weighted by Gasteiger charge is -2.33. The molecule has 1 heterocycles. The number of nitrogens with one attached hydrogen (secondary N) is 1. The molecule has 0 aliphatic heterocycles. The van der Waals surface area contributed by atoms with Crippen LogP contribution in [0.2, 0.25) is 0 Å². The Morgan fingerprint density at radius 3 is 2.52 bits per heavy atom. The molecular weight excluding hydrogens is 278 g/mol. The summed E-state index contributed by atoms with van der Waals surface area (Å²) >= 11 is 0. The normalized spacial score (nSPS) is 21.2. The maximum atomic E-state index is 12.0. The van der Waals surface area contributed by atoms with Crippen molar-refractivity contribution >= 4 is 18.3 Å². The number of amides is 1. The van der Waals surface area contributed by atoms with E-state index in [2.05, 4.69) is 10.3 Å². The molecule has 116 valence electrons. The van der Waals surface area contributed by atoms with Gasteiger partial charge in [-0.2, -0.15) is 0 Å². The summed E-state index contributed by atoms with van der Waals surface area (Å²) in [5.41, 5.74) is 0. The van der Waals surface area contributed by atoms with E-state index in [-0.39, 0.29) is 30.4 Å². The van der Waals surface area contributed by atoms with Crippen molar-refractivity contribution in [3.8, 4) is 0 Å². The van der Waals surface area contributed by atoms with Crippen molar-refractivity contribution in [2.45, 2.75) is 38.8 Å². The predicted molar refractivity (Wildman–Crippen MR) is 72.7 cm³/mol. The molecule has 1 aliphatic carbocycles. The van der Waals surface area contributed by atoms with Gasteiger partial charge in [0.2, 0.25) is 5.91 Å². The average Bonchev–Trinajstić information content (AvgIpc) is 2.78. The van der Waals surface area contributed by atoms with Crippen LogP contribution in [0.15, 0.2) is 12.4 Å². The molecule has 0 aromatic carbocycles. The topological polar surface area (TPSA) is 122 Å². The second kappa shape index (κ2) is 7.41. The first-order valence-corrected chi connectivity index (χ1v) is 6.51. The molecule has 0 spiro atoms. The summed E-state index contributed by atoms with van der Waals surface area (Å²) in [6, 6.07) is -0.332. The van der Waals surface area contributed by atoms with E-state index in [9.17, 15) is 9.59 Å². The van der Waals surface area contributed by atoms with Crippen LogP contribution < -0.4 is 5.32 Å². The molecule has 0 saturated heterocycles. The first kappa shape index (κ1) is 16.7. The van der Waals surface area contributed by atoms with E-state index in [4.69, 9.17) is 15.0 Å². The summed E-state index contributed by atoms with van der Waals surface area (Å²) in [4.78, 5) is 35.1. The number of aryl methyl sites for hydroxylation is 1. The van der Waals surface area contributed by atoms with E-state index in [0.717, 1.165) is 5.82 Å². The third-order valence-corrected chi connectivity index (χ3v) is 3.49. The summed E-state index contributed by atoms with van der Waals surface area (Å²) in [7, 11) is 0. The van der Waals surface area contributed by atoms with Crippen molar-refractivity contribution in [3.05, 3.63) is 18.2 Å². The molecule has 1 atom stereocenters. The van der Waals surface area contributed by atoms with Crippen molar-refractivity contribution in [2.24, 2.45) is 5.92 Å². The Bertz CT molecular complexity index is 508. The Morgan fingerprint density at radius 1 is 1.52 bits per heavy atom. The zero-order valence-corrected chi connectivity index (χ0v) is 11.9. The van der Waals surface area contributed by atoms with Crippen molar-refractivity contribution in [3.63, 3.8) is 0 Å². The molecule has 1 amide bonds. The maximum absolute atomic E-state index is 12.0. The Labute approximate surface area is 121 Å². The molecular formula is C13H19N3O5. The summed E-state index contributed by atoms with van der Waals surface area (Å²) in [5.74, 6) is -0.390. The molecule has 3 N–H and O–H groups in total. The van der Waals surface area contributed by atoms with Crippen LogP contribution in [0.3, 0.4) is 0 Å². The SMILES string of the molecule is Cc1nccn1C(C)C(=O)NC1CC(C(=O)O)C1.O=CO. The molecule has 0 radical (unpaired) electrons. The van der Waals surface area contributed by atoms with Gasteiger partial charge in [0, 0.05) is 18.4 Å². The second-order valence-electron chi connectivity index (χ2n) is 4.88. The number of carboxylic acids is 1. The third kappa shape index (κ3) is 4.30. The van der Waals surface area contributed by atoms with Gasteiger partial charge < -0.3 is 20.1 Å². The van der Waals surface area contributed by atoms with Crippen molar-refractivity contribution in [2.75, 3.05) is 0 Å². The highest BCUT2D eigenvalue weighted by molar-refractivity contribution is 5.81. The van der Waals surface area contributed by atoms with Gasteiger partial charge in [0.15, 0.2) is 0 Å². The Hall–Kier alpha value is -2.38.